The van der Waals surface area contributed by atoms with Crippen LogP contribution in [0.5, 0.6) is 0 Å². The Balaban J connectivity index is 1.44. The molecule has 0 fully saturated rings. The molecule has 6 amide bonds. The van der Waals surface area contributed by atoms with E-state index in [1.54, 1.807) is 12.2 Å². The zero-order chi connectivity index (χ0) is 35.6. The van der Waals surface area contributed by atoms with Crippen molar-refractivity contribution < 1.29 is 38.2 Å². The van der Waals surface area contributed by atoms with Gasteiger partial charge < -0.3 is 36.5 Å². The highest BCUT2D eigenvalue weighted by Gasteiger charge is 2.24. The van der Waals surface area contributed by atoms with Gasteiger partial charge in [-0.05, 0) is 69.1 Å². The van der Waals surface area contributed by atoms with E-state index in [0.717, 1.165) is 12.8 Å². The average molecular weight is 683 g/mol. The number of urea groups is 1. The summed E-state index contributed by atoms with van der Waals surface area (Å²) in [4.78, 5) is 73.8. The predicted octanol–water partition coefficient (Wildman–Crippen LogP) is 2.98. The Kier molecular flexibility index (Phi) is 16.3. The van der Waals surface area contributed by atoms with Gasteiger partial charge >= 0.3 is 12.2 Å². The van der Waals surface area contributed by atoms with Crippen LogP contribution < -0.4 is 27.0 Å². The summed E-state index contributed by atoms with van der Waals surface area (Å²) in [6.45, 7) is 5.09. The maximum Gasteiger partial charge on any atom is 0.513 e. The molecule has 3 rings (SSSR count). The highest BCUT2D eigenvalue weighted by molar-refractivity contribution is 6.12. The van der Waals surface area contributed by atoms with Crippen LogP contribution in [-0.4, -0.2) is 79.0 Å². The van der Waals surface area contributed by atoms with E-state index < -0.39 is 18.2 Å². The van der Waals surface area contributed by atoms with Crippen LogP contribution in [0.2, 0.25) is 0 Å². The van der Waals surface area contributed by atoms with E-state index in [1.165, 1.54) is 17.1 Å². The molecule has 1 unspecified atom stereocenters. The van der Waals surface area contributed by atoms with Crippen molar-refractivity contribution in [2.24, 2.45) is 17.6 Å². The number of carbonyl (C=O) groups is 6. The van der Waals surface area contributed by atoms with E-state index in [-0.39, 0.29) is 48.1 Å². The first-order valence-electron chi connectivity index (χ1n) is 17.0. The molecule has 0 saturated heterocycles. The lowest BCUT2D eigenvalue weighted by molar-refractivity contribution is -0.137. The average Bonchev–Trinajstić information content (AvgIpc) is 3.39. The number of nitrogens with one attached hydrogen (secondary N) is 4. The molecule has 1 aliphatic heterocycles. The first kappa shape index (κ1) is 38.7. The second kappa shape index (κ2) is 20.6. The van der Waals surface area contributed by atoms with E-state index in [0.29, 0.717) is 76.0 Å². The molecule has 49 heavy (non-hydrogen) atoms. The lowest BCUT2D eigenvalue weighted by atomic mass is 10.00. The van der Waals surface area contributed by atoms with Crippen molar-refractivity contribution in [1.82, 2.24) is 26.2 Å². The molecule has 268 valence electrons. The zero-order valence-corrected chi connectivity index (χ0v) is 28.4. The second-order valence-corrected chi connectivity index (χ2v) is 12.5. The van der Waals surface area contributed by atoms with Crippen molar-refractivity contribution >= 4 is 35.8 Å². The fraction of sp³-hybridized carbons (Fsp3) is 0.543. The minimum Gasteiger partial charge on any atom is -0.433 e. The summed E-state index contributed by atoms with van der Waals surface area (Å²) >= 11 is 0. The number of carbonyl (C=O) groups excluding carboxylic acids is 6. The highest BCUT2D eigenvalue weighted by atomic mass is 16.7. The van der Waals surface area contributed by atoms with E-state index in [4.69, 9.17) is 15.2 Å². The highest BCUT2D eigenvalue weighted by Crippen LogP contribution is 2.17. The number of hydrogen-bond donors (Lipinski definition) is 5. The third kappa shape index (κ3) is 14.5. The first-order chi connectivity index (χ1) is 23.5. The fourth-order valence-electron chi connectivity index (χ4n) is 5.31. The molecule has 0 spiro atoms. The number of hydrogen-bond acceptors (Lipinski definition) is 9. The summed E-state index contributed by atoms with van der Waals surface area (Å²) in [5.41, 5.74) is 5.80. The van der Waals surface area contributed by atoms with Crippen LogP contribution in [0, 0.1) is 11.8 Å². The number of amides is 6. The molecule has 0 saturated carbocycles. The smallest absolute Gasteiger partial charge is 0.433 e. The molecular formula is C35H50N6O8. The molecule has 0 bridgehead atoms. The minimum absolute atomic E-state index is 0.0657. The summed E-state index contributed by atoms with van der Waals surface area (Å²) in [5.74, 6) is -0.501. The molecule has 1 heterocycles. The van der Waals surface area contributed by atoms with E-state index in [1.807, 2.05) is 38.2 Å². The van der Waals surface area contributed by atoms with E-state index in [9.17, 15) is 28.8 Å². The largest absolute Gasteiger partial charge is 0.513 e. The molecule has 14 heteroatoms. The van der Waals surface area contributed by atoms with Gasteiger partial charge in [-0.1, -0.05) is 38.5 Å². The predicted molar refractivity (Wildman–Crippen MR) is 182 cm³/mol. The number of rotatable bonds is 20. The summed E-state index contributed by atoms with van der Waals surface area (Å²) < 4.78 is 10.5. The molecule has 6 N–H and O–H groups in total. The van der Waals surface area contributed by atoms with Crippen LogP contribution in [-0.2, 0) is 28.7 Å². The molecule has 2 aliphatic carbocycles. The summed E-state index contributed by atoms with van der Waals surface area (Å²) in [6.07, 6.45) is 18.2. The Bertz CT molecular complexity index is 1330. The standard InChI is InChI=1S/C35H50N6O8/c1-24(2)29(40-30(42)13-7-4-8-21-41-31(43)18-19-32(41)44)22-38-28(12-9-20-37-34(36)46)33(45)39-26-16-14-25(15-17-26)23-48-35(47)49-27-10-5-3-6-11-27/h5,10-11,14,16-19,24-25,28-29,38H,3-4,6-9,12-13,15,20-23H2,1-2H3,(H,39,45)(H,40,42)(H3,36,37,46)/t25?,28-,29+/m0/s1. The third-order valence-corrected chi connectivity index (χ3v) is 8.24. The van der Waals surface area contributed by atoms with Gasteiger partial charge in [-0.2, -0.15) is 0 Å². The van der Waals surface area contributed by atoms with Crippen LogP contribution in [0.1, 0.15) is 71.6 Å². The van der Waals surface area contributed by atoms with Gasteiger partial charge in [-0.3, -0.25) is 24.1 Å². The maximum atomic E-state index is 13.4. The SMILES string of the molecule is CC(C)[C@@H](CN[C@@H](CCCNC(N)=O)C(=O)NC1=CCC(COC(=O)OC2=CCCC=C2)C=C1)NC(=O)CCCCCN1C(=O)C=CC1=O. The maximum absolute atomic E-state index is 13.4. The minimum atomic E-state index is -0.756. The second-order valence-electron chi connectivity index (χ2n) is 12.5. The lowest BCUT2D eigenvalue weighted by Crippen LogP contribution is -2.51. The first-order valence-corrected chi connectivity index (χ1v) is 17.0. The van der Waals surface area contributed by atoms with Gasteiger partial charge in [0.2, 0.25) is 11.8 Å². The number of unbranched alkanes of at least 4 members (excludes halogenated alkanes) is 2. The number of primary amides is 1. The van der Waals surface area contributed by atoms with Crippen LogP contribution in [0.15, 0.2) is 60.1 Å². The van der Waals surface area contributed by atoms with Crippen molar-refractivity contribution in [3.63, 3.8) is 0 Å². The Hall–Kier alpha value is -4.72. The summed E-state index contributed by atoms with van der Waals surface area (Å²) in [7, 11) is 0. The fourth-order valence-corrected chi connectivity index (χ4v) is 5.31. The van der Waals surface area contributed by atoms with Gasteiger partial charge in [-0.25, -0.2) is 9.59 Å². The van der Waals surface area contributed by atoms with Gasteiger partial charge in [0, 0.05) is 55.9 Å². The van der Waals surface area contributed by atoms with Gasteiger partial charge in [-0.15, -0.1) is 0 Å². The molecular weight excluding hydrogens is 632 g/mol. The quantitative estimate of drug-likeness (QED) is 0.0728. The van der Waals surface area contributed by atoms with Crippen LogP contribution in [0.4, 0.5) is 9.59 Å². The van der Waals surface area contributed by atoms with E-state index >= 15 is 0 Å². The molecule has 3 atom stereocenters. The topological polar surface area (TPSA) is 198 Å². The van der Waals surface area contributed by atoms with Gasteiger partial charge in [0.1, 0.15) is 12.4 Å². The molecule has 0 aromatic carbocycles. The van der Waals surface area contributed by atoms with Crippen molar-refractivity contribution in [2.75, 3.05) is 26.2 Å². The Morgan fingerprint density at radius 2 is 1.76 bits per heavy atom. The van der Waals surface area contributed by atoms with Gasteiger partial charge in [0.15, 0.2) is 0 Å². The normalized spacial score (nSPS) is 18.1. The Labute approximate surface area is 287 Å². The number of allylic oxidation sites excluding steroid dienone is 5. The Morgan fingerprint density at radius 1 is 0.980 bits per heavy atom. The van der Waals surface area contributed by atoms with Crippen LogP contribution in [0.25, 0.3) is 0 Å². The van der Waals surface area contributed by atoms with Crippen LogP contribution >= 0.6 is 0 Å². The number of nitrogens with two attached hydrogens (primary N) is 1. The van der Waals surface area contributed by atoms with Crippen molar-refractivity contribution in [1.29, 1.82) is 0 Å². The van der Waals surface area contributed by atoms with Crippen molar-refractivity contribution in [3.05, 3.63) is 60.1 Å². The van der Waals surface area contributed by atoms with Crippen LogP contribution in [0.3, 0.4) is 0 Å². The van der Waals surface area contributed by atoms with Crippen molar-refractivity contribution in [2.45, 2.75) is 83.7 Å². The lowest BCUT2D eigenvalue weighted by Gasteiger charge is -2.26. The molecule has 14 nitrogen and oxygen atoms in total. The van der Waals surface area contributed by atoms with E-state index in [2.05, 4.69) is 21.3 Å². The number of ether oxygens (including phenoxy) is 2. The third-order valence-electron chi connectivity index (χ3n) is 8.24. The van der Waals surface area contributed by atoms with Gasteiger partial charge in [0.05, 0.1) is 6.04 Å². The van der Waals surface area contributed by atoms with Crippen molar-refractivity contribution in [3.8, 4) is 0 Å². The molecule has 3 aliphatic rings. The summed E-state index contributed by atoms with van der Waals surface area (Å²) in [6, 6.07) is -1.51. The Morgan fingerprint density at radius 3 is 2.41 bits per heavy atom. The summed E-state index contributed by atoms with van der Waals surface area (Å²) in [5, 5.41) is 11.8. The van der Waals surface area contributed by atoms with Gasteiger partial charge in [0.25, 0.3) is 11.8 Å². The molecule has 0 aromatic heterocycles. The molecule has 0 aromatic rings. The zero-order valence-electron chi connectivity index (χ0n) is 28.4. The monoisotopic (exact) mass is 682 g/mol. The molecule has 0 radical (unpaired) electrons. The number of imide groups is 1. The number of nitrogens with zero attached hydrogens (tertiary/aromatic N) is 1.